The van der Waals surface area contributed by atoms with Crippen molar-refractivity contribution in [1.29, 1.82) is 0 Å². The lowest BCUT2D eigenvalue weighted by Gasteiger charge is -2.08. The van der Waals surface area contributed by atoms with E-state index >= 15 is 0 Å². The first kappa shape index (κ1) is 21.6. The second kappa shape index (κ2) is 8.34. The summed E-state index contributed by atoms with van der Waals surface area (Å²) in [7, 11) is -3.17. The molecule has 0 spiro atoms. The van der Waals surface area contributed by atoms with Crippen LogP contribution in [0.1, 0.15) is 20.7 Å². The normalized spacial score (nSPS) is 11.2. The molecule has 0 unspecified atom stereocenters. The Labute approximate surface area is 180 Å². The maximum atomic E-state index is 12.7. The Morgan fingerprint density at radius 3 is 2.23 bits per heavy atom. The maximum Gasteiger partial charge on any atom is 0.345 e. The first-order chi connectivity index (χ1) is 14.2. The van der Waals surface area contributed by atoms with Crippen molar-refractivity contribution < 1.29 is 32.4 Å². The Bertz CT molecular complexity index is 1220. The summed E-state index contributed by atoms with van der Waals surface area (Å²) in [5.41, 5.74) is -0.393. The summed E-state index contributed by atoms with van der Waals surface area (Å²) in [5, 5.41) is 13.0. The van der Waals surface area contributed by atoms with Crippen LogP contribution >= 0.6 is 23.2 Å². The Hall–Kier alpha value is -3.08. The van der Waals surface area contributed by atoms with Crippen LogP contribution in [0.2, 0.25) is 10.0 Å². The molecule has 0 radical (unpaired) electrons. The van der Waals surface area contributed by atoms with Gasteiger partial charge in [0.1, 0.15) is 5.69 Å². The van der Waals surface area contributed by atoms with Gasteiger partial charge in [-0.15, -0.1) is 0 Å². The molecule has 1 aromatic heterocycles. The van der Waals surface area contributed by atoms with Crippen LogP contribution in [0.25, 0.3) is 11.3 Å². The number of hydrogen-bond donors (Lipinski definition) is 2. The summed E-state index contributed by atoms with van der Waals surface area (Å²) >= 11 is 12.3. The first-order valence-corrected chi connectivity index (χ1v) is 10.3. The van der Waals surface area contributed by atoms with Gasteiger partial charge in [-0.25, -0.2) is 22.7 Å². The Morgan fingerprint density at radius 2 is 1.70 bits per heavy atom. The van der Waals surface area contributed by atoms with E-state index in [1.54, 1.807) is 6.07 Å². The molecule has 9 nitrogen and oxygen atoms in total. The van der Waals surface area contributed by atoms with Gasteiger partial charge in [0.2, 0.25) is 0 Å². The van der Waals surface area contributed by atoms with Crippen LogP contribution in [-0.2, 0) is 14.8 Å². The van der Waals surface area contributed by atoms with Crippen molar-refractivity contribution in [3.63, 3.8) is 0 Å². The quantitative estimate of drug-likeness (QED) is 0.516. The van der Waals surface area contributed by atoms with Gasteiger partial charge in [0, 0.05) is 5.56 Å². The molecule has 0 aliphatic heterocycles. The number of nitrogens with zero attached hydrogens (tertiary/aromatic N) is 1. The average molecular weight is 471 g/mol. The number of carboxylic acid groups (broad SMARTS) is 1. The van der Waals surface area contributed by atoms with Crippen molar-refractivity contribution in [2.24, 2.45) is 0 Å². The number of ether oxygens (including phenoxy) is 1. The second-order valence-electron chi connectivity index (χ2n) is 5.76. The number of hydrogen-bond acceptors (Lipinski definition) is 7. The van der Waals surface area contributed by atoms with Gasteiger partial charge in [-0.1, -0.05) is 34.4 Å². The molecule has 0 aliphatic rings. The SMILES string of the molecule is COC(=O)c1c(-c2c(Cl)cccc2Cl)noc1NS(=O)(=O)c1ccc(C(=O)O)cc1. The largest absolute Gasteiger partial charge is 0.478 e. The molecule has 1 heterocycles. The van der Waals surface area contributed by atoms with E-state index in [1.807, 2.05) is 0 Å². The molecule has 3 aromatic rings. The number of nitrogens with one attached hydrogen (secondary N) is 1. The number of aromatic carboxylic acids is 1. The minimum Gasteiger partial charge on any atom is -0.478 e. The third-order valence-electron chi connectivity index (χ3n) is 3.92. The number of carboxylic acids is 1. The van der Waals surface area contributed by atoms with Gasteiger partial charge in [-0.2, -0.15) is 0 Å². The predicted molar refractivity (Wildman–Crippen MR) is 108 cm³/mol. The molecular formula is C18H12Cl2N2O7S. The number of esters is 1. The van der Waals surface area contributed by atoms with Gasteiger partial charge < -0.3 is 14.4 Å². The molecular weight excluding hydrogens is 459 g/mol. The average Bonchev–Trinajstić information content (AvgIpc) is 3.09. The van der Waals surface area contributed by atoms with E-state index in [0.29, 0.717) is 0 Å². The van der Waals surface area contributed by atoms with Crippen LogP contribution in [-0.4, -0.2) is 37.7 Å². The van der Waals surface area contributed by atoms with E-state index in [9.17, 15) is 18.0 Å². The zero-order valence-corrected chi connectivity index (χ0v) is 17.4. The Kier molecular flexibility index (Phi) is 6.01. The molecule has 0 bridgehead atoms. The smallest absolute Gasteiger partial charge is 0.345 e. The number of methoxy groups -OCH3 is 1. The fourth-order valence-electron chi connectivity index (χ4n) is 2.50. The van der Waals surface area contributed by atoms with Crippen LogP contribution in [0.15, 0.2) is 51.9 Å². The van der Waals surface area contributed by atoms with E-state index in [-0.39, 0.29) is 37.3 Å². The molecule has 0 aliphatic carbocycles. The number of rotatable bonds is 6. The van der Waals surface area contributed by atoms with Crippen LogP contribution < -0.4 is 4.72 Å². The van der Waals surface area contributed by atoms with Gasteiger partial charge >= 0.3 is 11.9 Å². The number of benzene rings is 2. The lowest BCUT2D eigenvalue weighted by atomic mass is 10.1. The summed E-state index contributed by atoms with van der Waals surface area (Å²) < 4.78 is 37.2. The highest BCUT2D eigenvalue weighted by atomic mass is 35.5. The fraction of sp³-hybridized carbons (Fsp3) is 0.0556. The van der Waals surface area contributed by atoms with Gasteiger partial charge in [0.05, 0.1) is 27.6 Å². The Morgan fingerprint density at radius 1 is 1.10 bits per heavy atom. The van der Waals surface area contributed by atoms with Crippen molar-refractivity contribution in [1.82, 2.24) is 5.16 Å². The number of anilines is 1. The lowest BCUT2D eigenvalue weighted by Crippen LogP contribution is -2.15. The highest BCUT2D eigenvalue weighted by molar-refractivity contribution is 7.92. The molecule has 2 N–H and O–H groups in total. The minimum atomic E-state index is -4.26. The van der Waals surface area contributed by atoms with Crippen LogP contribution in [0, 0.1) is 0 Å². The van der Waals surface area contributed by atoms with Gasteiger partial charge in [0.15, 0.2) is 5.56 Å². The van der Waals surface area contributed by atoms with E-state index in [2.05, 4.69) is 9.88 Å². The number of halogens is 2. The first-order valence-electron chi connectivity index (χ1n) is 8.04. The Balaban J connectivity index is 2.07. The fourth-order valence-corrected chi connectivity index (χ4v) is 4.08. The van der Waals surface area contributed by atoms with Gasteiger partial charge in [0.25, 0.3) is 15.9 Å². The van der Waals surface area contributed by atoms with Crippen molar-refractivity contribution in [2.45, 2.75) is 4.90 Å². The summed E-state index contributed by atoms with van der Waals surface area (Å²) in [4.78, 5) is 23.0. The molecule has 30 heavy (non-hydrogen) atoms. The third-order valence-corrected chi connectivity index (χ3v) is 5.90. The highest BCUT2D eigenvalue weighted by Crippen LogP contribution is 2.39. The monoisotopic (exact) mass is 470 g/mol. The van der Waals surface area contributed by atoms with E-state index < -0.39 is 27.8 Å². The molecule has 0 saturated heterocycles. The lowest BCUT2D eigenvalue weighted by molar-refractivity contribution is 0.0601. The van der Waals surface area contributed by atoms with Crippen LogP contribution in [0.5, 0.6) is 0 Å². The van der Waals surface area contributed by atoms with Crippen LogP contribution in [0.3, 0.4) is 0 Å². The summed E-state index contributed by atoms with van der Waals surface area (Å²) in [6.45, 7) is 0. The van der Waals surface area contributed by atoms with Crippen molar-refractivity contribution >= 4 is 51.0 Å². The van der Waals surface area contributed by atoms with E-state index in [0.717, 1.165) is 31.4 Å². The molecule has 2 aromatic carbocycles. The summed E-state index contributed by atoms with van der Waals surface area (Å²) in [6, 6.07) is 9.01. The van der Waals surface area contributed by atoms with E-state index in [1.165, 1.54) is 12.1 Å². The standard InChI is InChI=1S/C18H12Cl2N2O7S/c1-28-18(25)14-15(13-11(19)3-2-4-12(13)20)21-29-16(14)22-30(26,27)10-7-5-9(6-8-10)17(23)24/h2-8,22H,1H3,(H,23,24). The van der Waals surface area contributed by atoms with Crippen molar-refractivity contribution in [2.75, 3.05) is 11.8 Å². The topological polar surface area (TPSA) is 136 Å². The number of aromatic nitrogens is 1. The number of sulfonamides is 1. The molecule has 0 saturated carbocycles. The summed E-state index contributed by atoms with van der Waals surface area (Å²) in [5.74, 6) is -2.67. The van der Waals surface area contributed by atoms with Crippen molar-refractivity contribution in [3.8, 4) is 11.3 Å². The van der Waals surface area contributed by atoms with Gasteiger partial charge in [-0.05, 0) is 36.4 Å². The molecule has 12 heteroatoms. The zero-order chi connectivity index (χ0) is 22.1. The molecule has 0 fully saturated rings. The van der Waals surface area contributed by atoms with Gasteiger partial charge in [-0.3, -0.25) is 0 Å². The summed E-state index contributed by atoms with van der Waals surface area (Å²) in [6.07, 6.45) is 0. The molecule has 3 rings (SSSR count). The third kappa shape index (κ3) is 4.11. The minimum absolute atomic E-state index is 0.0977. The number of carbonyl (C=O) groups is 2. The number of carbonyl (C=O) groups excluding carboxylic acids is 1. The second-order valence-corrected chi connectivity index (χ2v) is 8.26. The van der Waals surface area contributed by atoms with Crippen LogP contribution in [0.4, 0.5) is 5.88 Å². The molecule has 156 valence electrons. The van der Waals surface area contributed by atoms with Crippen molar-refractivity contribution in [3.05, 3.63) is 63.6 Å². The molecule has 0 atom stereocenters. The highest BCUT2D eigenvalue weighted by Gasteiger charge is 2.30. The molecule has 0 amide bonds. The van der Waals surface area contributed by atoms with E-state index in [4.69, 9.17) is 37.6 Å². The maximum absolute atomic E-state index is 12.7. The zero-order valence-electron chi connectivity index (χ0n) is 15.0. The predicted octanol–water partition coefficient (Wildman–Crippen LogP) is 3.93.